The van der Waals surface area contributed by atoms with Gasteiger partial charge in [-0.05, 0) is 48.9 Å². The Labute approximate surface area is 169 Å². The summed E-state index contributed by atoms with van der Waals surface area (Å²) in [7, 11) is -7.29. The van der Waals surface area contributed by atoms with E-state index < -0.39 is 37.3 Å². The number of amides is 1. The average Bonchev–Trinajstić information content (AvgIpc) is 2.63. The van der Waals surface area contributed by atoms with Gasteiger partial charge in [-0.3, -0.25) is 9.52 Å². The van der Waals surface area contributed by atoms with Gasteiger partial charge in [0, 0.05) is 17.9 Å². The van der Waals surface area contributed by atoms with Crippen molar-refractivity contribution in [1.82, 2.24) is 4.72 Å². The summed E-state index contributed by atoms with van der Waals surface area (Å²) < 4.78 is 66.4. The summed E-state index contributed by atoms with van der Waals surface area (Å²) in [4.78, 5) is 12.2. The number of carbonyl (C=O) groups is 1. The molecule has 0 spiro atoms. The second kappa shape index (κ2) is 9.33. The minimum absolute atomic E-state index is 0.0170. The molecule has 0 saturated heterocycles. The Morgan fingerprint density at radius 3 is 2.17 bits per heavy atom. The normalized spacial score (nSPS) is 11.8. The fraction of sp³-hybridized carbons (Fsp3) is 0.278. The van der Waals surface area contributed by atoms with E-state index >= 15 is 0 Å². The zero-order chi connectivity index (χ0) is 21.7. The molecule has 0 radical (unpaired) electrons. The summed E-state index contributed by atoms with van der Waals surface area (Å²) >= 11 is 0. The molecule has 8 nitrogen and oxygen atoms in total. The first-order valence-electron chi connectivity index (χ1n) is 8.79. The summed E-state index contributed by atoms with van der Waals surface area (Å²) in [5, 5.41) is 2.45. The van der Waals surface area contributed by atoms with Crippen molar-refractivity contribution < 1.29 is 26.0 Å². The molecule has 3 N–H and O–H groups in total. The maximum Gasteiger partial charge on any atom is 0.258 e. The molecule has 0 atom stereocenters. The second-order valence-electron chi connectivity index (χ2n) is 6.10. The largest absolute Gasteiger partial charge is 0.322 e. The van der Waals surface area contributed by atoms with E-state index in [0.29, 0.717) is 12.1 Å². The van der Waals surface area contributed by atoms with Gasteiger partial charge in [0.05, 0.1) is 16.2 Å². The third-order valence-corrected chi connectivity index (χ3v) is 6.75. The summed E-state index contributed by atoms with van der Waals surface area (Å²) in [6.07, 6.45) is 0.470. The number of carbonyl (C=O) groups excluding carboxylic acids is 1. The maximum absolute atomic E-state index is 14.1. The van der Waals surface area contributed by atoms with Gasteiger partial charge in [-0.2, -0.15) is 0 Å². The molecule has 0 fully saturated rings. The molecule has 0 saturated carbocycles. The van der Waals surface area contributed by atoms with Crippen molar-refractivity contribution in [3.63, 3.8) is 0 Å². The summed E-state index contributed by atoms with van der Waals surface area (Å²) in [5.41, 5.74) is 0.172. The molecule has 2 aromatic carbocycles. The second-order valence-corrected chi connectivity index (χ2v) is 9.70. The third-order valence-electron chi connectivity index (χ3n) is 3.72. The van der Waals surface area contributed by atoms with Gasteiger partial charge < -0.3 is 5.32 Å². The SMILES string of the molecule is CCCS(=O)(=O)Nc1ccc(NC(=O)c2cc(S(=O)(=O)NCC)ccc2F)cc1. The molecule has 2 aromatic rings. The quantitative estimate of drug-likeness (QED) is 0.550. The van der Waals surface area contributed by atoms with Crippen LogP contribution in [0.25, 0.3) is 0 Å². The van der Waals surface area contributed by atoms with E-state index in [9.17, 15) is 26.0 Å². The Morgan fingerprint density at radius 2 is 1.59 bits per heavy atom. The molecule has 0 aliphatic rings. The lowest BCUT2D eigenvalue weighted by atomic mass is 10.2. The Bertz CT molecular complexity index is 1080. The van der Waals surface area contributed by atoms with E-state index in [2.05, 4.69) is 14.8 Å². The number of benzene rings is 2. The van der Waals surface area contributed by atoms with Crippen molar-refractivity contribution in [2.75, 3.05) is 22.3 Å². The highest BCUT2D eigenvalue weighted by molar-refractivity contribution is 7.92. The lowest BCUT2D eigenvalue weighted by molar-refractivity contribution is 0.102. The molecule has 11 heteroatoms. The van der Waals surface area contributed by atoms with E-state index in [1.54, 1.807) is 13.8 Å². The maximum atomic E-state index is 14.1. The molecule has 0 heterocycles. The fourth-order valence-corrected chi connectivity index (χ4v) is 4.64. The van der Waals surface area contributed by atoms with E-state index in [-0.39, 0.29) is 22.9 Å². The van der Waals surface area contributed by atoms with Crippen LogP contribution in [0.15, 0.2) is 47.4 Å². The Hall–Kier alpha value is -2.50. The van der Waals surface area contributed by atoms with Crippen molar-refractivity contribution >= 4 is 37.3 Å². The Morgan fingerprint density at radius 1 is 0.966 bits per heavy atom. The van der Waals surface area contributed by atoms with Crippen LogP contribution >= 0.6 is 0 Å². The number of hydrogen-bond donors (Lipinski definition) is 3. The molecule has 0 bridgehead atoms. The minimum Gasteiger partial charge on any atom is -0.322 e. The molecular formula is C18H22FN3O5S2. The van der Waals surface area contributed by atoms with Gasteiger partial charge in [0.1, 0.15) is 5.82 Å². The highest BCUT2D eigenvalue weighted by Gasteiger charge is 2.19. The molecule has 0 aromatic heterocycles. The Kier molecular flexibility index (Phi) is 7.33. The highest BCUT2D eigenvalue weighted by Crippen LogP contribution is 2.19. The summed E-state index contributed by atoms with van der Waals surface area (Å²) in [6.45, 7) is 3.49. The van der Waals surface area contributed by atoms with Gasteiger partial charge in [0.15, 0.2) is 0 Å². The van der Waals surface area contributed by atoms with Crippen molar-refractivity contribution in [3.8, 4) is 0 Å². The van der Waals surface area contributed by atoms with E-state index in [4.69, 9.17) is 0 Å². The Balaban J connectivity index is 2.18. The lowest BCUT2D eigenvalue weighted by Crippen LogP contribution is -2.24. The third kappa shape index (κ3) is 6.24. The highest BCUT2D eigenvalue weighted by atomic mass is 32.2. The van der Waals surface area contributed by atoms with Gasteiger partial charge in [0.25, 0.3) is 5.91 Å². The molecule has 29 heavy (non-hydrogen) atoms. The molecular weight excluding hydrogens is 421 g/mol. The van der Waals surface area contributed by atoms with Crippen LogP contribution in [-0.4, -0.2) is 35.0 Å². The molecule has 0 aliphatic heterocycles. The van der Waals surface area contributed by atoms with Crippen LogP contribution in [0.4, 0.5) is 15.8 Å². The number of halogens is 1. The summed E-state index contributed by atoms with van der Waals surface area (Å²) in [6, 6.07) is 8.72. The first-order valence-corrected chi connectivity index (χ1v) is 11.9. The predicted octanol–water partition coefficient (Wildman–Crippen LogP) is 2.53. The molecule has 0 unspecified atom stereocenters. The molecule has 1 amide bonds. The first-order chi connectivity index (χ1) is 13.6. The number of nitrogens with one attached hydrogen (secondary N) is 3. The monoisotopic (exact) mass is 443 g/mol. The van der Waals surface area contributed by atoms with Crippen LogP contribution in [0.5, 0.6) is 0 Å². The van der Waals surface area contributed by atoms with Crippen LogP contribution in [-0.2, 0) is 20.0 Å². The molecule has 158 valence electrons. The van der Waals surface area contributed by atoms with Gasteiger partial charge in [-0.25, -0.2) is 25.9 Å². The van der Waals surface area contributed by atoms with Crippen molar-refractivity contribution in [2.45, 2.75) is 25.2 Å². The number of sulfonamides is 2. The zero-order valence-corrected chi connectivity index (χ0v) is 17.5. The van der Waals surface area contributed by atoms with Crippen LogP contribution < -0.4 is 14.8 Å². The van der Waals surface area contributed by atoms with Gasteiger partial charge in [-0.1, -0.05) is 13.8 Å². The van der Waals surface area contributed by atoms with E-state index in [1.165, 1.54) is 24.3 Å². The van der Waals surface area contributed by atoms with Crippen LogP contribution in [0.2, 0.25) is 0 Å². The number of hydrogen-bond acceptors (Lipinski definition) is 5. The lowest BCUT2D eigenvalue weighted by Gasteiger charge is -2.10. The van der Waals surface area contributed by atoms with Gasteiger partial charge in [0.2, 0.25) is 20.0 Å². The van der Waals surface area contributed by atoms with Crippen molar-refractivity contribution in [2.24, 2.45) is 0 Å². The van der Waals surface area contributed by atoms with Crippen molar-refractivity contribution in [3.05, 3.63) is 53.8 Å². The van der Waals surface area contributed by atoms with Crippen molar-refractivity contribution in [1.29, 1.82) is 0 Å². The van der Waals surface area contributed by atoms with Crippen LogP contribution in [0.3, 0.4) is 0 Å². The smallest absolute Gasteiger partial charge is 0.258 e. The van der Waals surface area contributed by atoms with Crippen LogP contribution in [0, 0.1) is 5.82 Å². The van der Waals surface area contributed by atoms with E-state index in [0.717, 1.165) is 18.2 Å². The summed E-state index contributed by atoms with van der Waals surface area (Å²) in [5.74, 6) is -1.73. The minimum atomic E-state index is -3.85. The van der Waals surface area contributed by atoms with E-state index in [1.807, 2.05) is 0 Å². The molecule has 0 aliphatic carbocycles. The number of rotatable bonds is 9. The topological polar surface area (TPSA) is 121 Å². The first kappa shape index (κ1) is 22.8. The standard InChI is InChI=1S/C18H22FN3O5S2/c1-3-11-28(24,25)22-14-7-5-13(6-8-14)21-18(23)16-12-15(9-10-17(16)19)29(26,27)20-4-2/h5-10,12,20,22H,3-4,11H2,1-2H3,(H,21,23). The molecule has 2 rings (SSSR count). The fourth-order valence-electron chi connectivity index (χ4n) is 2.44. The van der Waals surface area contributed by atoms with Gasteiger partial charge >= 0.3 is 0 Å². The average molecular weight is 444 g/mol. The van der Waals surface area contributed by atoms with Crippen LogP contribution in [0.1, 0.15) is 30.6 Å². The predicted molar refractivity (Wildman–Crippen MR) is 109 cm³/mol. The number of anilines is 2. The zero-order valence-electron chi connectivity index (χ0n) is 15.9. The van der Waals surface area contributed by atoms with Gasteiger partial charge in [-0.15, -0.1) is 0 Å².